The van der Waals surface area contributed by atoms with Crippen LogP contribution in [0.15, 0.2) is 0 Å². The van der Waals surface area contributed by atoms with Crippen LogP contribution < -0.4 is 11.3 Å². The Balaban J connectivity index is 3.90. The zero-order valence-corrected chi connectivity index (χ0v) is 9.49. The van der Waals surface area contributed by atoms with E-state index in [1.165, 1.54) is 0 Å². The monoisotopic (exact) mass is 212 g/mol. The molecule has 86 valence electrons. The highest BCUT2D eigenvalue weighted by molar-refractivity contribution is 5.75. The van der Waals surface area contributed by atoms with Gasteiger partial charge in [-0.25, -0.2) is 5.84 Å². The molecule has 0 bridgehead atoms. The Morgan fingerprint density at radius 3 is 2.67 bits per heavy atom. The zero-order chi connectivity index (χ0) is 11.7. The summed E-state index contributed by atoms with van der Waals surface area (Å²) in [6.07, 6.45) is 0.881. The Morgan fingerprint density at radius 2 is 2.20 bits per heavy atom. The Labute approximate surface area is 91.2 Å². The highest BCUT2D eigenvalue weighted by atomic mass is 16.2. The number of hydrogen-bond acceptors (Lipinski definition) is 4. The lowest BCUT2D eigenvalue weighted by Crippen LogP contribution is -2.36. The molecule has 0 aromatic heterocycles. The molecule has 0 aliphatic rings. The maximum atomic E-state index is 10.9. The third kappa shape index (κ3) is 7.91. The summed E-state index contributed by atoms with van der Waals surface area (Å²) in [7, 11) is 0. The molecule has 0 saturated carbocycles. The van der Waals surface area contributed by atoms with Gasteiger partial charge in [-0.15, -0.1) is 0 Å². The van der Waals surface area contributed by atoms with Crippen LogP contribution >= 0.6 is 0 Å². The minimum atomic E-state index is -0.166. The highest BCUT2D eigenvalue weighted by Gasteiger charge is 2.08. The highest BCUT2D eigenvalue weighted by Crippen LogP contribution is 2.00. The Hall–Kier alpha value is -1.12. The minimum Gasteiger partial charge on any atom is -0.302 e. The summed E-state index contributed by atoms with van der Waals surface area (Å²) in [5, 5.41) is 8.50. The fourth-order valence-electron chi connectivity index (χ4n) is 1.35. The summed E-state index contributed by atoms with van der Waals surface area (Å²) >= 11 is 0. The van der Waals surface area contributed by atoms with E-state index in [0.29, 0.717) is 31.8 Å². The van der Waals surface area contributed by atoms with E-state index in [2.05, 4.69) is 30.2 Å². The second kappa shape index (κ2) is 8.21. The molecule has 0 fully saturated rings. The summed E-state index contributed by atoms with van der Waals surface area (Å²) in [6.45, 7) is 6.50. The van der Waals surface area contributed by atoms with Crippen LogP contribution in [0.3, 0.4) is 0 Å². The van der Waals surface area contributed by atoms with Gasteiger partial charge in [0.15, 0.2) is 0 Å². The Bertz CT molecular complexity index is 222. The van der Waals surface area contributed by atoms with Gasteiger partial charge in [-0.2, -0.15) is 5.26 Å². The molecule has 3 N–H and O–H groups in total. The number of carbonyl (C=O) groups excluding carboxylic acids is 1. The van der Waals surface area contributed by atoms with Gasteiger partial charge in [-0.3, -0.25) is 10.2 Å². The number of carbonyl (C=O) groups is 1. The number of amides is 1. The van der Waals surface area contributed by atoms with E-state index < -0.39 is 0 Å². The van der Waals surface area contributed by atoms with Crippen LogP contribution in [0.1, 0.15) is 26.7 Å². The number of nitrogens with two attached hydrogens (primary N) is 1. The predicted octanol–water partition coefficient (Wildman–Crippen LogP) is 0.238. The maximum absolute atomic E-state index is 10.9. The van der Waals surface area contributed by atoms with Gasteiger partial charge in [-0.05, 0) is 5.92 Å². The molecule has 0 aromatic rings. The minimum absolute atomic E-state index is 0.166. The van der Waals surface area contributed by atoms with Gasteiger partial charge in [0.2, 0.25) is 5.91 Å². The Kier molecular flexibility index (Phi) is 7.60. The van der Waals surface area contributed by atoms with Crippen LogP contribution in [0, 0.1) is 17.2 Å². The van der Waals surface area contributed by atoms with Gasteiger partial charge in [0.25, 0.3) is 0 Å². The predicted molar refractivity (Wildman–Crippen MR) is 58.5 cm³/mol. The van der Waals surface area contributed by atoms with Crippen molar-refractivity contribution >= 4 is 5.91 Å². The summed E-state index contributed by atoms with van der Waals surface area (Å²) < 4.78 is 0. The zero-order valence-electron chi connectivity index (χ0n) is 9.49. The van der Waals surface area contributed by atoms with Crippen LogP contribution in [0.4, 0.5) is 0 Å². The maximum Gasteiger partial charge on any atom is 0.235 e. The molecule has 5 heteroatoms. The fourth-order valence-corrected chi connectivity index (χ4v) is 1.35. The topological polar surface area (TPSA) is 82.2 Å². The smallest absolute Gasteiger partial charge is 0.235 e. The summed E-state index contributed by atoms with van der Waals surface area (Å²) in [5.41, 5.74) is 2.10. The van der Waals surface area contributed by atoms with Crippen molar-refractivity contribution in [3.05, 3.63) is 0 Å². The van der Waals surface area contributed by atoms with Crippen LogP contribution in [0.25, 0.3) is 0 Å². The van der Waals surface area contributed by atoms with E-state index in [0.717, 1.165) is 6.54 Å². The normalized spacial score (nSPS) is 10.4. The second-order valence-corrected chi connectivity index (χ2v) is 3.92. The number of rotatable bonds is 7. The van der Waals surface area contributed by atoms with Crippen molar-refractivity contribution in [3.8, 4) is 6.07 Å². The van der Waals surface area contributed by atoms with E-state index >= 15 is 0 Å². The molecule has 0 aliphatic carbocycles. The molecule has 1 amide bonds. The van der Waals surface area contributed by atoms with E-state index in [1.54, 1.807) is 0 Å². The number of nitrogens with one attached hydrogen (secondary N) is 1. The van der Waals surface area contributed by atoms with Crippen molar-refractivity contribution < 1.29 is 4.79 Å². The standard InChI is InChI=1S/C10H20N4O/c1-9(2)8-14(6-3-5-11)7-4-10(15)13-12/h9H,3-4,6-8,12H2,1-2H3,(H,13,15). The summed E-state index contributed by atoms with van der Waals surface area (Å²) in [5.74, 6) is 5.36. The summed E-state index contributed by atoms with van der Waals surface area (Å²) in [4.78, 5) is 13.1. The molecule has 15 heavy (non-hydrogen) atoms. The third-order valence-electron chi connectivity index (χ3n) is 1.98. The first-order valence-corrected chi connectivity index (χ1v) is 5.19. The molecule has 0 aliphatic heterocycles. The lowest BCUT2D eigenvalue weighted by Gasteiger charge is -2.22. The average molecular weight is 212 g/mol. The van der Waals surface area contributed by atoms with Gasteiger partial charge in [0.05, 0.1) is 6.07 Å². The fraction of sp³-hybridized carbons (Fsp3) is 0.800. The third-order valence-corrected chi connectivity index (χ3v) is 1.98. The number of nitriles is 1. The first-order valence-electron chi connectivity index (χ1n) is 5.19. The van der Waals surface area contributed by atoms with Crippen molar-refractivity contribution in [3.63, 3.8) is 0 Å². The van der Waals surface area contributed by atoms with Crippen molar-refractivity contribution in [1.82, 2.24) is 10.3 Å². The number of hydrogen-bond donors (Lipinski definition) is 2. The molecule has 0 spiro atoms. The molecule has 0 rings (SSSR count). The van der Waals surface area contributed by atoms with E-state index in [-0.39, 0.29) is 5.91 Å². The van der Waals surface area contributed by atoms with Gasteiger partial charge in [0, 0.05) is 32.5 Å². The van der Waals surface area contributed by atoms with E-state index in [1.807, 2.05) is 0 Å². The molecule has 0 unspecified atom stereocenters. The molecule has 0 heterocycles. The van der Waals surface area contributed by atoms with E-state index in [4.69, 9.17) is 11.1 Å². The molecular weight excluding hydrogens is 192 g/mol. The number of nitrogens with zero attached hydrogens (tertiary/aromatic N) is 2. The van der Waals surface area contributed by atoms with E-state index in [9.17, 15) is 4.79 Å². The second-order valence-electron chi connectivity index (χ2n) is 3.92. The lowest BCUT2D eigenvalue weighted by atomic mass is 10.2. The average Bonchev–Trinajstić information content (AvgIpc) is 2.20. The van der Waals surface area contributed by atoms with Crippen LogP contribution in [-0.4, -0.2) is 30.4 Å². The molecule has 0 aromatic carbocycles. The van der Waals surface area contributed by atoms with Crippen molar-refractivity contribution in [2.75, 3.05) is 19.6 Å². The van der Waals surface area contributed by atoms with Gasteiger partial charge < -0.3 is 4.90 Å². The molecular formula is C10H20N4O. The first kappa shape index (κ1) is 13.9. The molecule has 5 nitrogen and oxygen atoms in total. The lowest BCUT2D eigenvalue weighted by molar-refractivity contribution is -0.121. The summed E-state index contributed by atoms with van der Waals surface area (Å²) in [6, 6.07) is 2.11. The van der Waals surface area contributed by atoms with Gasteiger partial charge in [-0.1, -0.05) is 13.8 Å². The molecule has 0 radical (unpaired) electrons. The van der Waals surface area contributed by atoms with Crippen LogP contribution in [0.5, 0.6) is 0 Å². The molecule has 0 saturated heterocycles. The van der Waals surface area contributed by atoms with Crippen molar-refractivity contribution in [2.24, 2.45) is 11.8 Å². The van der Waals surface area contributed by atoms with Gasteiger partial charge >= 0.3 is 0 Å². The number of hydrazine groups is 1. The van der Waals surface area contributed by atoms with Crippen molar-refractivity contribution in [1.29, 1.82) is 5.26 Å². The molecule has 0 atom stereocenters. The van der Waals surface area contributed by atoms with Crippen LogP contribution in [0.2, 0.25) is 0 Å². The van der Waals surface area contributed by atoms with Gasteiger partial charge in [0.1, 0.15) is 0 Å². The largest absolute Gasteiger partial charge is 0.302 e. The SMILES string of the molecule is CC(C)CN(CCC#N)CCC(=O)NN. The van der Waals surface area contributed by atoms with Crippen LogP contribution in [-0.2, 0) is 4.79 Å². The first-order chi connectivity index (χ1) is 7.10. The van der Waals surface area contributed by atoms with Crippen molar-refractivity contribution in [2.45, 2.75) is 26.7 Å². The Morgan fingerprint density at radius 1 is 1.53 bits per heavy atom. The quantitative estimate of drug-likeness (QED) is 0.360.